The molecule has 0 heterocycles. The largest absolute Gasteiger partial charge is 0.495 e. The van der Waals surface area contributed by atoms with E-state index in [0.29, 0.717) is 12.2 Å². The molecule has 41 heavy (non-hydrogen) atoms. The van der Waals surface area contributed by atoms with Gasteiger partial charge in [-0.25, -0.2) is 8.42 Å². The van der Waals surface area contributed by atoms with E-state index in [0.717, 1.165) is 41.1 Å². The molecule has 3 aromatic rings. The zero-order chi connectivity index (χ0) is 29.4. The second-order valence-electron chi connectivity index (χ2n) is 10.4. The van der Waals surface area contributed by atoms with E-state index < -0.39 is 28.5 Å². The van der Waals surface area contributed by atoms with E-state index in [9.17, 15) is 18.0 Å². The number of hydrogen-bond acceptors (Lipinski definition) is 5. The van der Waals surface area contributed by atoms with Crippen LogP contribution >= 0.6 is 0 Å². The number of rotatable bonds is 12. The van der Waals surface area contributed by atoms with Crippen LogP contribution in [0.1, 0.15) is 50.2 Å². The lowest BCUT2D eigenvalue weighted by Crippen LogP contribution is -2.53. The topological polar surface area (TPSA) is 96.0 Å². The van der Waals surface area contributed by atoms with Crippen LogP contribution in [-0.2, 0) is 26.2 Å². The summed E-state index contributed by atoms with van der Waals surface area (Å²) in [4.78, 5) is 29.3. The van der Waals surface area contributed by atoms with E-state index in [-0.39, 0.29) is 29.1 Å². The lowest BCUT2D eigenvalue weighted by Gasteiger charge is -2.34. The maximum absolute atomic E-state index is 14.2. The van der Waals surface area contributed by atoms with Crippen molar-refractivity contribution in [2.45, 2.75) is 69.5 Å². The maximum atomic E-state index is 14.2. The number of carbonyl (C=O) groups excluding carboxylic acids is 2. The number of anilines is 1. The Labute approximate surface area is 243 Å². The van der Waals surface area contributed by atoms with Crippen LogP contribution in [0.25, 0.3) is 0 Å². The number of sulfonamides is 1. The number of aryl methyl sites for hydroxylation is 1. The minimum Gasteiger partial charge on any atom is -0.495 e. The molecule has 8 nitrogen and oxygen atoms in total. The molecule has 1 N–H and O–H groups in total. The molecule has 0 unspecified atom stereocenters. The van der Waals surface area contributed by atoms with Gasteiger partial charge < -0.3 is 15.0 Å². The molecule has 4 rings (SSSR count). The first-order valence-corrected chi connectivity index (χ1v) is 15.5. The van der Waals surface area contributed by atoms with Gasteiger partial charge in [0.25, 0.3) is 10.0 Å². The van der Waals surface area contributed by atoms with Crippen molar-refractivity contribution in [2.75, 3.05) is 18.0 Å². The monoisotopic (exact) mass is 577 g/mol. The van der Waals surface area contributed by atoms with Gasteiger partial charge in [-0.2, -0.15) is 0 Å². The number of ether oxygens (including phenoxy) is 1. The van der Waals surface area contributed by atoms with Crippen LogP contribution in [0.2, 0.25) is 0 Å². The van der Waals surface area contributed by atoms with Crippen LogP contribution in [0.5, 0.6) is 5.75 Å². The Hall–Kier alpha value is -3.85. The van der Waals surface area contributed by atoms with Gasteiger partial charge in [-0.05, 0) is 61.6 Å². The summed E-state index contributed by atoms with van der Waals surface area (Å²) in [6.07, 6.45) is 4.37. The van der Waals surface area contributed by atoms with Gasteiger partial charge >= 0.3 is 0 Å². The van der Waals surface area contributed by atoms with Crippen molar-refractivity contribution in [1.82, 2.24) is 10.2 Å². The average Bonchev–Trinajstić information content (AvgIpc) is 3.49. The van der Waals surface area contributed by atoms with Gasteiger partial charge in [0, 0.05) is 12.6 Å². The fraction of sp³-hybridized carbons (Fsp3) is 0.375. The van der Waals surface area contributed by atoms with Crippen LogP contribution in [0, 0.1) is 6.92 Å². The molecule has 0 spiro atoms. The third kappa shape index (κ3) is 7.27. The van der Waals surface area contributed by atoms with Crippen molar-refractivity contribution in [2.24, 2.45) is 0 Å². The molecule has 1 aliphatic carbocycles. The number of methoxy groups -OCH3 is 1. The summed E-state index contributed by atoms with van der Waals surface area (Å²) in [6, 6.07) is 22.0. The normalized spacial score (nSPS) is 14.3. The molecule has 1 aliphatic rings. The minimum atomic E-state index is -4.17. The molecule has 1 saturated carbocycles. The summed E-state index contributed by atoms with van der Waals surface area (Å²) in [5.41, 5.74) is 1.91. The number of hydrogen-bond donors (Lipinski definition) is 1. The molecule has 1 fully saturated rings. The van der Waals surface area contributed by atoms with E-state index in [1.54, 1.807) is 30.3 Å². The van der Waals surface area contributed by atoms with Crippen LogP contribution in [-0.4, -0.2) is 50.9 Å². The van der Waals surface area contributed by atoms with E-state index in [2.05, 4.69) is 5.32 Å². The highest BCUT2D eigenvalue weighted by atomic mass is 32.2. The van der Waals surface area contributed by atoms with Gasteiger partial charge in [0.05, 0.1) is 17.7 Å². The Balaban J connectivity index is 1.74. The molecule has 0 aromatic heterocycles. The SMILES string of the molecule is CC[C@@H](C(=O)NC1CCCC1)N(Cc1ccccc1)C(=O)CN(c1cc(C)ccc1OC)S(=O)(=O)c1ccccc1. The van der Waals surface area contributed by atoms with Gasteiger partial charge in [-0.3, -0.25) is 13.9 Å². The van der Waals surface area contributed by atoms with Crippen molar-refractivity contribution in [3.63, 3.8) is 0 Å². The second kappa shape index (κ2) is 13.7. The fourth-order valence-corrected chi connectivity index (χ4v) is 6.73. The van der Waals surface area contributed by atoms with E-state index in [1.807, 2.05) is 50.2 Å². The third-order valence-corrected chi connectivity index (χ3v) is 9.27. The molecule has 2 amide bonds. The summed E-state index contributed by atoms with van der Waals surface area (Å²) >= 11 is 0. The first-order chi connectivity index (χ1) is 19.7. The van der Waals surface area contributed by atoms with Gasteiger partial charge in [0.1, 0.15) is 18.3 Å². The summed E-state index contributed by atoms with van der Waals surface area (Å²) in [6.45, 7) is 3.38. The quantitative estimate of drug-likeness (QED) is 0.325. The average molecular weight is 578 g/mol. The molecule has 0 aliphatic heterocycles. The van der Waals surface area contributed by atoms with E-state index in [1.165, 1.54) is 24.1 Å². The standard InChI is InChI=1S/C32H39N3O5S/c1-4-28(32(37)33-26-15-11-12-16-26)34(22-25-13-7-5-8-14-25)31(36)23-35(29-21-24(2)19-20-30(29)40-3)41(38,39)27-17-9-6-10-18-27/h5-10,13-14,17-21,26,28H,4,11-12,15-16,22-23H2,1-3H3,(H,33,37)/t28-/m0/s1. The van der Waals surface area contributed by atoms with Gasteiger partial charge in [-0.15, -0.1) is 0 Å². The minimum absolute atomic E-state index is 0.0528. The Morgan fingerprint density at radius 2 is 1.61 bits per heavy atom. The van der Waals surface area contributed by atoms with Crippen molar-refractivity contribution in [3.05, 3.63) is 90.0 Å². The molecule has 3 aromatic carbocycles. The van der Waals surface area contributed by atoms with Gasteiger partial charge in [0.15, 0.2) is 0 Å². The van der Waals surface area contributed by atoms with Gasteiger partial charge in [-0.1, -0.05) is 74.4 Å². The number of benzene rings is 3. The molecule has 0 saturated heterocycles. The Kier molecular flexibility index (Phi) is 10.0. The maximum Gasteiger partial charge on any atom is 0.264 e. The lowest BCUT2D eigenvalue weighted by atomic mass is 10.1. The third-order valence-electron chi connectivity index (χ3n) is 7.50. The molecule has 9 heteroatoms. The first kappa shape index (κ1) is 30.1. The highest BCUT2D eigenvalue weighted by Crippen LogP contribution is 2.34. The van der Waals surface area contributed by atoms with Crippen LogP contribution in [0.15, 0.2) is 83.8 Å². The summed E-state index contributed by atoms with van der Waals surface area (Å²) in [7, 11) is -2.71. The molecule has 218 valence electrons. The molecular weight excluding hydrogens is 538 g/mol. The van der Waals surface area contributed by atoms with Crippen LogP contribution < -0.4 is 14.4 Å². The molecule has 0 radical (unpaired) electrons. The first-order valence-electron chi connectivity index (χ1n) is 14.1. The van der Waals surface area contributed by atoms with Crippen LogP contribution in [0.4, 0.5) is 5.69 Å². The highest BCUT2D eigenvalue weighted by molar-refractivity contribution is 7.92. The Morgan fingerprint density at radius 1 is 0.976 bits per heavy atom. The predicted octanol–water partition coefficient (Wildman–Crippen LogP) is 5.07. The Bertz CT molecular complexity index is 1420. The second-order valence-corrected chi connectivity index (χ2v) is 12.3. The number of nitrogens with zero attached hydrogens (tertiary/aromatic N) is 2. The van der Waals surface area contributed by atoms with Crippen molar-refractivity contribution in [1.29, 1.82) is 0 Å². The molecular formula is C32H39N3O5S. The Morgan fingerprint density at radius 3 is 2.22 bits per heavy atom. The molecule has 1 atom stereocenters. The summed E-state index contributed by atoms with van der Waals surface area (Å²) < 4.78 is 34.7. The lowest BCUT2D eigenvalue weighted by molar-refractivity contribution is -0.140. The van der Waals surface area contributed by atoms with Gasteiger partial charge in [0.2, 0.25) is 11.8 Å². The predicted molar refractivity (Wildman–Crippen MR) is 160 cm³/mol. The van der Waals surface area contributed by atoms with Crippen molar-refractivity contribution in [3.8, 4) is 5.75 Å². The van der Waals surface area contributed by atoms with Crippen molar-refractivity contribution < 1.29 is 22.7 Å². The number of nitrogens with one attached hydrogen (secondary N) is 1. The smallest absolute Gasteiger partial charge is 0.264 e. The summed E-state index contributed by atoms with van der Waals surface area (Å²) in [5.74, 6) is -0.372. The zero-order valence-corrected chi connectivity index (χ0v) is 24.8. The zero-order valence-electron chi connectivity index (χ0n) is 24.0. The van der Waals surface area contributed by atoms with Crippen LogP contribution in [0.3, 0.4) is 0 Å². The number of amides is 2. The number of carbonyl (C=O) groups is 2. The van der Waals surface area contributed by atoms with E-state index in [4.69, 9.17) is 4.74 Å². The molecule has 0 bridgehead atoms. The van der Waals surface area contributed by atoms with E-state index >= 15 is 0 Å². The van der Waals surface area contributed by atoms with Crippen molar-refractivity contribution >= 4 is 27.5 Å². The fourth-order valence-electron chi connectivity index (χ4n) is 5.30. The summed E-state index contributed by atoms with van der Waals surface area (Å²) in [5, 5.41) is 3.13. The highest BCUT2D eigenvalue weighted by Gasteiger charge is 2.35.